The number of allylic oxidation sites excluding steroid dienone is 5. The molecule has 1 amide bonds. The predicted molar refractivity (Wildman–Crippen MR) is 284 cm³/mol. The molecule has 1 aromatic carbocycles. The number of carbonyl (C=O) groups excluding carboxylic acids is 5. The van der Waals surface area contributed by atoms with Crippen molar-refractivity contribution >= 4 is 35.3 Å². The van der Waals surface area contributed by atoms with Crippen molar-refractivity contribution in [2.24, 2.45) is 35.5 Å². The number of nitro benzene ring substituents is 1. The Kier molecular flexibility index (Phi) is 23.8. The van der Waals surface area contributed by atoms with Crippen LogP contribution in [-0.4, -0.2) is 143 Å². The van der Waals surface area contributed by atoms with Gasteiger partial charge in [0.05, 0.1) is 35.4 Å². The Morgan fingerprint density at radius 2 is 1.56 bits per heavy atom. The summed E-state index contributed by atoms with van der Waals surface area (Å²) in [6.07, 6.45) is 7.78. The average Bonchev–Trinajstić information content (AvgIpc) is 3.41. The number of piperidine rings is 1. The van der Waals surface area contributed by atoms with E-state index in [0.717, 1.165) is 17.7 Å². The Morgan fingerprint density at radius 1 is 0.844 bits per heavy atom. The number of cyclic esters (lactones) is 1. The fraction of sp³-hybridized carbons (Fsp3) is 0.672. The zero-order valence-electron chi connectivity index (χ0n) is 46.6. The van der Waals surface area contributed by atoms with Crippen molar-refractivity contribution in [1.29, 1.82) is 0 Å². The van der Waals surface area contributed by atoms with Gasteiger partial charge >= 0.3 is 12.1 Å². The minimum absolute atomic E-state index is 0.0523. The Hall–Kier alpha value is -5.15. The Morgan fingerprint density at radius 3 is 2.22 bits per heavy atom. The molecule has 4 aliphatic rings. The highest BCUT2D eigenvalue weighted by Crippen LogP contribution is 2.38. The van der Waals surface area contributed by atoms with E-state index in [4.69, 9.17) is 33.2 Å². The highest BCUT2D eigenvalue weighted by Gasteiger charge is 2.53. The average molecular weight is 1080 g/mol. The Balaban J connectivity index is 1.53. The van der Waals surface area contributed by atoms with Crippen LogP contribution in [0.1, 0.15) is 126 Å². The van der Waals surface area contributed by atoms with Gasteiger partial charge in [0, 0.05) is 70.6 Å². The molecule has 0 aromatic heterocycles. The molecule has 2 saturated heterocycles. The first-order valence-corrected chi connectivity index (χ1v) is 27.3. The molecule has 428 valence electrons. The van der Waals surface area contributed by atoms with Crippen LogP contribution in [0.4, 0.5) is 10.5 Å². The van der Waals surface area contributed by atoms with Gasteiger partial charge in [-0.3, -0.25) is 24.5 Å². The number of aliphatic hydroxyl groups is 3. The number of nitrogens with zero attached hydrogens (tertiary/aromatic N) is 2. The normalized spacial score (nSPS) is 36.7. The van der Waals surface area contributed by atoms with Crippen LogP contribution in [0.5, 0.6) is 5.75 Å². The van der Waals surface area contributed by atoms with Crippen molar-refractivity contribution in [3.63, 3.8) is 0 Å². The van der Waals surface area contributed by atoms with Gasteiger partial charge in [0.15, 0.2) is 18.0 Å². The molecule has 3 fully saturated rings. The summed E-state index contributed by atoms with van der Waals surface area (Å²) in [4.78, 5) is 83.1. The van der Waals surface area contributed by atoms with E-state index in [1.54, 1.807) is 48.0 Å². The number of hydrogen-bond acceptors (Lipinski definition) is 17. The number of ether oxygens (including phenoxy) is 7. The van der Waals surface area contributed by atoms with Gasteiger partial charge in [0.2, 0.25) is 5.79 Å². The number of fused-ring (bicyclic) bond motifs is 3. The third-order valence-corrected chi connectivity index (χ3v) is 16.1. The van der Waals surface area contributed by atoms with Crippen LogP contribution in [-0.2, 0) is 47.6 Å². The van der Waals surface area contributed by atoms with Crippen LogP contribution >= 0.6 is 0 Å². The molecular formula is C58H84N2O17. The summed E-state index contributed by atoms with van der Waals surface area (Å²) in [6, 6.07) is 3.61. The SMILES string of the molecule is CO[C@H]1C[C@@H]2CC[C@@H](C)[C@@](O)(O2)C(=O)C(=O)N2CCCC[C@H]2C(=O)O[C@H]([C@H](C)C[C@@H]2CC[C@@H](O)[C@H](OC)C2)C[C@@H](O)[C@H](C)/C=C(\C)[C@@H](OC(=O)Oc2ccc([N+](=O)[O-])cc2)[C@@H](OC)C(=O)[C@H](C)C[C@H](C)/C=C/C=C/C=C/1C. The van der Waals surface area contributed by atoms with Gasteiger partial charge < -0.3 is 53.4 Å². The fourth-order valence-electron chi connectivity index (χ4n) is 11.3. The number of carbonyl (C=O) groups is 5. The molecule has 3 N–H and O–H groups in total. The Labute approximate surface area is 453 Å². The molecule has 1 aliphatic carbocycles. The van der Waals surface area contributed by atoms with Crippen LogP contribution < -0.4 is 4.74 Å². The van der Waals surface area contributed by atoms with E-state index >= 15 is 0 Å². The van der Waals surface area contributed by atoms with Gasteiger partial charge in [0.1, 0.15) is 17.9 Å². The van der Waals surface area contributed by atoms with E-state index in [9.17, 15) is 49.4 Å². The van der Waals surface area contributed by atoms with Gasteiger partial charge in [-0.1, -0.05) is 71.1 Å². The van der Waals surface area contributed by atoms with Crippen LogP contribution in [0.2, 0.25) is 0 Å². The lowest BCUT2D eigenvalue weighted by Crippen LogP contribution is -2.61. The number of ketones is 2. The third kappa shape index (κ3) is 16.9. The number of rotatable bonds is 9. The predicted octanol–water partition coefficient (Wildman–Crippen LogP) is 8.10. The minimum atomic E-state index is -2.47. The molecule has 19 nitrogen and oxygen atoms in total. The fourth-order valence-corrected chi connectivity index (χ4v) is 11.3. The maximum Gasteiger partial charge on any atom is 0.514 e. The zero-order chi connectivity index (χ0) is 56.7. The first-order chi connectivity index (χ1) is 36.5. The van der Waals surface area contributed by atoms with E-state index in [-0.39, 0.29) is 66.9 Å². The quantitative estimate of drug-likeness (QED) is 0.0527. The number of non-ortho nitro benzene ring substituents is 1. The van der Waals surface area contributed by atoms with Crippen molar-refractivity contribution in [2.45, 2.75) is 186 Å². The van der Waals surface area contributed by atoms with Crippen molar-refractivity contribution in [1.82, 2.24) is 4.90 Å². The molecule has 1 saturated carbocycles. The monoisotopic (exact) mass is 1080 g/mol. The van der Waals surface area contributed by atoms with Crippen LogP contribution in [0.3, 0.4) is 0 Å². The summed E-state index contributed by atoms with van der Waals surface area (Å²) in [6.45, 7) is 12.6. The summed E-state index contributed by atoms with van der Waals surface area (Å²) in [5.74, 6) is -8.36. The van der Waals surface area contributed by atoms with Crippen molar-refractivity contribution in [2.75, 3.05) is 27.9 Å². The number of aliphatic hydroxyl groups excluding tert-OH is 2. The summed E-state index contributed by atoms with van der Waals surface area (Å²) >= 11 is 0. The standard InChI is InChI=1S/C58H84N2O17/c1-34-16-12-11-13-17-35(2)48(71-8)32-44-23-19-40(7)58(68,77-44)54(64)55(65)59-27-15-14-18-45(59)56(66)75-49(37(4)30-41-20-26-46(61)50(31-41)72-9)33-47(62)36(3)29-39(6)52(53(73-10)51(63)38(5)28-34)76-57(67)74-43-24-21-42(22-25-43)60(69)70/h11-13,16-17,21-22,24-25,29,34,36-38,40-41,44-50,52-53,61-62,68H,14-15,18-20,23,26-28,30-33H2,1-10H3/b13-11+,16-12+,35-17+,39-29+/t34-,36-,37-,38-,40-,41+,44+,45+,46-,47-,48+,49+,50-,52-,53+,58-/m1/s1. The largest absolute Gasteiger partial charge is 0.514 e. The summed E-state index contributed by atoms with van der Waals surface area (Å²) in [7, 11) is 4.43. The second-order valence-corrected chi connectivity index (χ2v) is 22.0. The third-order valence-electron chi connectivity index (χ3n) is 16.1. The van der Waals surface area contributed by atoms with E-state index in [0.29, 0.717) is 63.4 Å². The van der Waals surface area contributed by atoms with Gasteiger partial charge in [-0.05, 0) is 119 Å². The summed E-state index contributed by atoms with van der Waals surface area (Å²) in [5.41, 5.74) is 0.937. The molecule has 0 radical (unpaired) electrons. The summed E-state index contributed by atoms with van der Waals surface area (Å²) in [5, 5.41) is 46.0. The van der Waals surface area contributed by atoms with Gasteiger partial charge in [0.25, 0.3) is 17.4 Å². The van der Waals surface area contributed by atoms with Gasteiger partial charge in [-0.25, -0.2) is 9.59 Å². The number of benzene rings is 1. The minimum Gasteiger partial charge on any atom is -0.460 e. The second kappa shape index (κ2) is 29.2. The number of esters is 1. The van der Waals surface area contributed by atoms with E-state index in [1.807, 2.05) is 51.2 Å². The van der Waals surface area contributed by atoms with Crippen LogP contribution in [0, 0.1) is 45.6 Å². The zero-order valence-corrected chi connectivity index (χ0v) is 46.6. The highest BCUT2D eigenvalue weighted by atomic mass is 16.7. The number of methoxy groups -OCH3 is 3. The molecule has 1 aromatic rings. The first kappa shape index (κ1) is 62.7. The smallest absolute Gasteiger partial charge is 0.460 e. The van der Waals surface area contributed by atoms with E-state index in [1.165, 1.54) is 24.1 Å². The van der Waals surface area contributed by atoms with E-state index in [2.05, 4.69) is 0 Å². The molecular weight excluding hydrogens is 997 g/mol. The molecule has 3 heterocycles. The lowest BCUT2D eigenvalue weighted by Gasteiger charge is -2.43. The lowest BCUT2D eigenvalue weighted by molar-refractivity contribution is -0.384. The molecule has 3 aliphatic heterocycles. The topological polar surface area (TPSA) is 257 Å². The van der Waals surface area contributed by atoms with Gasteiger partial charge in [-0.15, -0.1) is 0 Å². The molecule has 5 rings (SSSR count). The molecule has 19 heteroatoms. The maximum absolute atomic E-state index is 14.6. The Bertz CT molecular complexity index is 2300. The number of Topliss-reactive ketones (excluding diaryl/α,β-unsaturated/α-hetero) is 2. The van der Waals surface area contributed by atoms with Crippen molar-refractivity contribution in [3.8, 4) is 5.75 Å². The van der Waals surface area contributed by atoms with Crippen LogP contribution in [0.25, 0.3) is 0 Å². The highest BCUT2D eigenvalue weighted by molar-refractivity contribution is 6.39. The van der Waals surface area contributed by atoms with E-state index < -0.39 is 101 Å². The molecule has 0 unspecified atom stereocenters. The molecule has 77 heavy (non-hydrogen) atoms. The number of amides is 1. The first-order valence-electron chi connectivity index (χ1n) is 27.3. The summed E-state index contributed by atoms with van der Waals surface area (Å²) < 4.78 is 41.1. The second-order valence-electron chi connectivity index (χ2n) is 22.0. The lowest BCUT2D eigenvalue weighted by atomic mass is 9.78. The number of hydrogen-bond donors (Lipinski definition) is 3. The number of nitro groups is 1. The molecule has 16 atom stereocenters. The maximum atomic E-state index is 14.6. The molecule has 0 spiro atoms. The van der Waals surface area contributed by atoms with Crippen LogP contribution in [0.15, 0.2) is 71.9 Å². The van der Waals surface area contributed by atoms with Gasteiger partial charge in [-0.2, -0.15) is 0 Å². The molecule has 2 bridgehead atoms. The van der Waals surface area contributed by atoms with Crippen molar-refractivity contribution in [3.05, 3.63) is 82.0 Å². The van der Waals surface area contributed by atoms with Crippen molar-refractivity contribution < 1.29 is 77.4 Å².